The molecule has 10 aromatic rings. The van der Waals surface area contributed by atoms with Crippen LogP contribution in [0.2, 0.25) is 0 Å². The van der Waals surface area contributed by atoms with Crippen LogP contribution in [0.15, 0.2) is 194 Å². The molecule has 11 heteroatoms. The molecule has 10 rings (SSSR count). The van der Waals surface area contributed by atoms with Crippen molar-refractivity contribution in [3.05, 3.63) is 200 Å². The average molecular weight is 818 g/mol. The van der Waals surface area contributed by atoms with E-state index in [0.29, 0.717) is 35.0 Å². The van der Waals surface area contributed by atoms with Gasteiger partial charge in [-0.05, 0) is 48.5 Å². The molecule has 0 aliphatic carbocycles. The molecule has 6 aromatic carbocycles. The normalized spacial score (nSPS) is 11.4. The highest BCUT2D eigenvalue weighted by Gasteiger charge is 2.28. The third kappa shape index (κ3) is 8.16. The maximum atomic E-state index is 6.23. The minimum absolute atomic E-state index is 0.131. The van der Waals surface area contributed by atoms with Crippen LogP contribution in [0.1, 0.15) is 26.6 Å². The van der Waals surface area contributed by atoms with Crippen molar-refractivity contribution in [1.82, 2.24) is 34.9 Å². The van der Waals surface area contributed by atoms with Crippen LogP contribution in [0, 0.1) is 0 Å². The van der Waals surface area contributed by atoms with Gasteiger partial charge in [-0.3, -0.25) is 4.57 Å². The topological polar surface area (TPSA) is 101 Å². The fourth-order valence-electron chi connectivity index (χ4n) is 8.26. The smallest absolute Gasteiger partial charge is 0.273 e. The van der Waals surface area contributed by atoms with E-state index in [4.69, 9.17) is 19.7 Å². The van der Waals surface area contributed by atoms with E-state index >= 15 is 0 Å². The number of pyridine rings is 2. The lowest BCUT2D eigenvalue weighted by Gasteiger charge is -2.18. The quantitative estimate of drug-likeness (QED) is 0.128. The van der Waals surface area contributed by atoms with Crippen molar-refractivity contribution < 1.29 is 9.47 Å². The molecule has 0 atom stereocenters. The Morgan fingerprint density at radius 1 is 0.413 bits per heavy atom. The fraction of sp³-hybridized carbons (Fsp3) is 0.0769. The van der Waals surface area contributed by atoms with Crippen LogP contribution in [-0.2, 0) is 5.41 Å². The van der Waals surface area contributed by atoms with Gasteiger partial charge in [0.1, 0.15) is 11.5 Å². The highest BCUT2D eigenvalue weighted by atomic mass is 16.5. The average Bonchev–Trinajstić information content (AvgIpc) is 3.63. The molecular formula is C52H41B2N7O2. The summed E-state index contributed by atoms with van der Waals surface area (Å²) >= 11 is 0. The van der Waals surface area contributed by atoms with Crippen molar-refractivity contribution in [1.29, 1.82) is 0 Å². The van der Waals surface area contributed by atoms with Crippen molar-refractivity contribution in [2.45, 2.75) is 26.2 Å². The summed E-state index contributed by atoms with van der Waals surface area (Å²) in [5, 5.41) is 20.9. The Morgan fingerprint density at radius 3 is 1.27 bits per heavy atom. The Balaban J connectivity index is 1.15. The predicted molar refractivity (Wildman–Crippen MR) is 254 cm³/mol. The third-order valence-corrected chi connectivity index (χ3v) is 11.2. The highest BCUT2D eigenvalue weighted by Crippen LogP contribution is 2.31. The van der Waals surface area contributed by atoms with Crippen LogP contribution in [0.25, 0.3) is 27.8 Å². The monoisotopic (exact) mass is 817 g/mol. The zero-order valence-corrected chi connectivity index (χ0v) is 35.1. The molecule has 0 unspecified atom stereocenters. The van der Waals surface area contributed by atoms with E-state index in [2.05, 4.69) is 155 Å². The lowest BCUT2D eigenvalue weighted by atomic mass is 9.37. The zero-order chi connectivity index (χ0) is 42.8. The first-order chi connectivity index (χ1) is 30.9. The van der Waals surface area contributed by atoms with Crippen LogP contribution >= 0.6 is 0 Å². The van der Waals surface area contributed by atoms with E-state index in [0.717, 1.165) is 54.6 Å². The molecule has 4 aromatic heterocycles. The molecular weight excluding hydrogens is 776 g/mol. The standard InChI is InChI=1S/C52H41B2N7O2/c1-52(2,3)50-57-59-51(60-58-50)61-46-34-40(53(36-16-6-4-7-17-36)38-20-14-22-42(32-38)62-48-24-10-12-30-55-48)26-28-44(46)45-29-27-41(35-47(45)61)54(37-18-8-5-9-19-37)39-21-15-23-43(33-39)63-49-25-11-13-31-56-49/h4-35H,1-3H3. The van der Waals surface area contributed by atoms with E-state index < -0.39 is 0 Å². The van der Waals surface area contributed by atoms with Gasteiger partial charge in [-0.25, -0.2) is 9.97 Å². The van der Waals surface area contributed by atoms with Crippen LogP contribution in [0.4, 0.5) is 0 Å². The largest absolute Gasteiger partial charge is 0.439 e. The minimum atomic E-state index is -0.324. The fourth-order valence-corrected chi connectivity index (χ4v) is 8.26. The number of rotatable bonds is 11. The summed E-state index contributed by atoms with van der Waals surface area (Å²) in [6.45, 7) is 5.92. The Morgan fingerprint density at radius 2 is 0.841 bits per heavy atom. The van der Waals surface area contributed by atoms with Crippen LogP contribution in [0.5, 0.6) is 23.3 Å². The van der Waals surface area contributed by atoms with E-state index in [1.165, 1.54) is 0 Å². The van der Waals surface area contributed by atoms with Gasteiger partial charge in [0.2, 0.25) is 25.2 Å². The van der Waals surface area contributed by atoms with Crippen molar-refractivity contribution >= 4 is 68.0 Å². The number of aromatic nitrogens is 7. The number of nitrogens with zero attached hydrogens (tertiary/aromatic N) is 7. The number of benzene rings is 6. The molecule has 0 saturated carbocycles. The molecule has 63 heavy (non-hydrogen) atoms. The van der Waals surface area contributed by atoms with Gasteiger partial charge in [0.15, 0.2) is 5.82 Å². The molecule has 0 spiro atoms. The van der Waals surface area contributed by atoms with Crippen LogP contribution in [-0.4, -0.2) is 48.4 Å². The summed E-state index contributed by atoms with van der Waals surface area (Å²) in [7, 11) is 0. The predicted octanol–water partition coefficient (Wildman–Crippen LogP) is 7.07. The number of fused-ring (bicyclic) bond motifs is 3. The SMILES string of the molecule is CC(C)(C)c1nnc(-n2c3cc(B(c4ccccc4)c4cccc(Oc5ccccn5)c4)ccc3c3ccc(B(c4ccccc4)c4cccc(Oc5ccccn5)c4)cc32)nn1. The first-order valence-electron chi connectivity index (χ1n) is 21.0. The molecule has 4 heterocycles. The molecule has 9 nitrogen and oxygen atoms in total. The second-order valence-electron chi connectivity index (χ2n) is 16.5. The second kappa shape index (κ2) is 16.9. The molecule has 0 aliphatic rings. The highest BCUT2D eigenvalue weighted by molar-refractivity contribution is 6.96. The Hall–Kier alpha value is -7.91. The third-order valence-electron chi connectivity index (χ3n) is 11.2. The van der Waals surface area contributed by atoms with Gasteiger partial charge in [0.25, 0.3) is 5.95 Å². The van der Waals surface area contributed by atoms with Crippen molar-refractivity contribution in [2.24, 2.45) is 0 Å². The van der Waals surface area contributed by atoms with E-state index in [-0.39, 0.29) is 18.8 Å². The Bertz CT molecular complexity index is 2980. The molecule has 0 fully saturated rings. The summed E-state index contributed by atoms with van der Waals surface area (Å²) in [6.07, 6.45) is 3.46. The number of hydrogen-bond acceptors (Lipinski definition) is 8. The van der Waals surface area contributed by atoms with E-state index in [1.54, 1.807) is 12.4 Å². The minimum Gasteiger partial charge on any atom is -0.439 e. The maximum absolute atomic E-state index is 6.23. The van der Waals surface area contributed by atoms with Gasteiger partial charge in [-0.15, -0.1) is 20.4 Å². The molecule has 0 N–H and O–H groups in total. The first kappa shape index (κ1) is 39.2. The lowest BCUT2D eigenvalue weighted by molar-refractivity contribution is 0.463. The van der Waals surface area contributed by atoms with Crippen LogP contribution in [0.3, 0.4) is 0 Å². The summed E-state index contributed by atoms with van der Waals surface area (Å²) < 4.78 is 14.6. The van der Waals surface area contributed by atoms with Gasteiger partial charge in [-0.2, -0.15) is 0 Å². The summed E-state index contributed by atoms with van der Waals surface area (Å²) in [5.41, 5.74) is 8.18. The second-order valence-corrected chi connectivity index (χ2v) is 16.5. The molecule has 0 aliphatic heterocycles. The van der Waals surface area contributed by atoms with Crippen molar-refractivity contribution in [3.63, 3.8) is 0 Å². The summed E-state index contributed by atoms with van der Waals surface area (Å²) in [5.74, 6) is 3.46. The van der Waals surface area contributed by atoms with Gasteiger partial charge in [-0.1, -0.05) is 175 Å². The maximum Gasteiger partial charge on any atom is 0.273 e. The Labute approximate surface area is 366 Å². The Kier molecular flexibility index (Phi) is 10.5. The molecule has 0 radical (unpaired) electrons. The van der Waals surface area contributed by atoms with Gasteiger partial charge in [0, 0.05) is 40.7 Å². The molecule has 0 amide bonds. The lowest BCUT2D eigenvalue weighted by Crippen LogP contribution is -2.52. The first-order valence-corrected chi connectivity index (χ1v) is 21.0. The van der Waals surface area contributed by atoms with Crippen LogP contribution < -0.4 is 42.3 Å². The van der Waals surface area contributed by atoms with E-state index in [1.807, 2.05) is 72.8 Å². The van der Waals surface area contributed by atoms with Crippen molar-refractivity contribution in [2.75, 3.05) is 0 Å². The van der Waals surface area contributed by atoms with Gasteiger partial charge >= 0.3 is 0 Å². The van der Waals surface area contributed by atoms with Gasteiger partial charge < -0.3 is 9.47 Å². The molecule has 0 saturated heterocycles. The zero-order valence-electron chi connectivity index (χ0n) is 35.1. The van der Waals surface area contributed by atoms with E-state index in [9.17, 15) is 0 Å². The molecule has 302 valence electrons. The number of hydrogen-bond donors (Lipinski definition) is 0. The molecule has 0 bridgehead atoms. The van der Waals surface area contributed by atoms with Gasteiger partial charge in [0.05, 0.1) is 11.0 Å². The summed E-state index contributed by atoms with van der Waals surface area (Å²) in [6, 6.07) is 62.3. The summed E-state index contributed by atoms with van der Waals surface area (Å²) in [4.78, 5) is 8.78. The number of ether oxygens (including phenoxy) is 2. The van der Waals surface area contributed by atoms with Crippen molar-refractivity contribution in [3.8, 4) is 29.2 Å².